The summed E-state index contributed by atoms with van der Waals surface area (Å²) < 4.78 is -0.918. The summed E-state index contributed by atoms with van der Waals surface area (Å²) in [6.07, 6.45) is 0. The minimum Gasteiger partial charge on any atom is -0.475 e. The first-order valence-corrected chi connectivity index (χ1v) is 11.9. The first-order valence-electron chi connectivity index (χ1n) is 10.0. The maximum Gasteiger partial charge on any atom is 0.375 e. The van der Waals surface area contributed by atoms with E-state index in [-0.39, 0.29) is 22.6 Å². The standard InChI is InChI=1S/C12H18N2O.C10H4Cl5N3O2/c1-9(2)10-5-7-11(8-6-10)13-12(15)14(3)4;11-4-1-2-6(5(12)3-4)18-9(10(13,14)15)16-7(17-18)8(19)20/h5-9H,1-4H3,(H,13,15);1-3H,(H,19,20). The normalized spacial score (nSPS) is 11.0. The zero-order chi connectivity index (χ0) is 26.5. The molecular weight excluding hydrogens is 560 g/mol. The number of aromatic nitrogens is 3. The van der Waals surface area contributed by atoms with Crippen LogP contribution in [0.5, 0.6) is 0 Å². The van der Waals surface area contributed by atoms with Crippen molar-refractivity contribution < 1.29 is 14.7 Å². The highest BCUT2D eigenvalue weighted by Gasteiger charge is 2.33. The first kappa shape index (κ1) is 29.0. The Morgan fingerprint density at radius 2 is 1.66 bits per heavy atom. The van der Waals surface area contributed by atoms with E-state index in [9.17, 15) is 9.59 Å². The molecule has 13 heteroatoms. The number of carboxylic acid groups (broad SMARTS) is 1. The Labute approximate surface area is 227 Å². The van der Waals surface area contributed by atoms with Crippen LogP contribution in [0.2, 0.25) is 10.0 Å². The van der Waals surface area contributed by atoms with Gasteiger partial charge in [-0.3, -0.25) is 0 Å². The van der Waals surface area contributed by atoms with Crippen LogP contribution in [0.25, 0.3) is 5.69 Å². The molecule has 0 radical (unpaired) electrons. The fourth-order valence-corrected chi connectivity index (χ4v) is 3.45. The predicted molar refractivity (Wildman–Crippen MR) is 141 cm³/mol. The molecule has 1 aromatic heterocycles. The second kappa shape index (κ2) is 12.1. The van der Waals surface area contributed by atoms with E-state index in [2.05, 4.69) is 29.2 Å². The van der Waals surface area contributed by atoms with Gasteiger partial charge in [-0.1, -0.05) is 84.0 Å². The van der Waals surface area contributed by atoms with Gasteiger partial charge in [0.25, 0.3) is 5.82 Å². The zero-order valence-corrected chi connectivity index (χ0v) is 22.8. The number of rotatable bonds is 4. The number of aromatic carboxylic acids is 1. The Morgan fingerprint density at radius 3 is 2.11 bits per heavy atom. The van der Waals surface area contributed by atoms with Gasteiger partial charge in [0, 0.05) is 24.8 Å². The van der Waals surface area contributed by atoms with Gasteiger partial charge >= 0.3 is 12.0 Å². The zero-order valence-electron chi connectivity index (χ0n) is 19.1. The maximum absolute atomic E-state index is 11.3. The molecule has 1 heterocycles. The molecule has 0 fully saturated rings. The lowest BCUT2D eigenvalue weighted by Gasteiger charge is -2.12. The van der Waals surface area contributed by atoms with Crippen LogP contribution >= 0.6 is 58.0 Å². The van der Waals surface area contributed by atoms with Crippen molar-refractivity contribution in [2.45, 2.75) is 23.6 Å². The number of halogens is 5. The number of nitrogens with one attached hydrogen (secondary N) is 1. The number of benzene rings is 2. The highest BCUT2D eigenvalue weighted by atomic mass is 35.6. The Morgan fingerprint density at radius 1 is 1.06 bits per heavy atom. The summed E-state index contributed by atoms with van der Waals surface area (Å²) in [5.74, 6) is -1.55. The number of amides is 2. The van der Waals surface area contributed by atoms with E-state index in [4.69, 9.17) is 63.1 Å². The van der Waals surface area contributed by atoms with E-state index in [0.29, 0.717) is 10.9 Å². The molecule has 0 spiro atoms. The van der Waals surface area contributed by atoms with Crippen LogP contribution in [0.3, 0.4) is 0 Å². The number of hydrogen-bond donors (Lipinski definition) is 2. The molecule has 0 saturated carbocycles. The fourth-order valence-electron chi connectivity index (χ4n) is 2.59. The number of carbonyl (C=O) groups is 2. The number of carboxylic acids is 1. The van der Waals surface area contributed by atoms with Crippen molar-refractivity contribution >= 4 is 75.7 Å². The van der Waals surface area contributed by atoms with Crippen LogP contribution in [0.15, 0.2) is 42.5 Å². The molecule has 3 aromatic rings. The van der Waals surface area contributed by atoms with Gasteiger partial charge in [0.15, 0.2) is 5.82 Å². The summed E-state index contributed by atoms with van der Waals surface area (Å²) in [5, 5.41) is 16.1. The number of urea groups is 1. The maximum atomic E-state index is 11.3. The van der Waals surface area contributed by atoms with E-state index >= 15 is 0 Å². The Balaban J connectivity index is 0.000000258. The van der Waals surface area contributed by atoms with Crippen molar-refractivity contribution in [2.75, 3.05) is 19.4 Å². The lowest BCUT2D eigenvalue weighted by atomic mass is 10.0. The van der Waals surface area contributed by atoms with Gasteiger partial charge in [-0.25, -0.2) is 19.3 Å². The van der Waals surface area contributed by atoms with E-state index < -0.39 is 15.6 Å². The van der Waals surface area contributed by atoms with Gasteiger partial charge in [-0.05, 0) is 41.8 Å². The monoisotopic (exact) mass is 579 g/mol. The average molecular weight is 582 g/mol. The van der Waals surface area contributed by atoms with Gasteiger partial charge in [0.05, 0.1) is 10.7 Å². The second-order valence-electron chi connectivity index (χ2n) is 7.67. The molecule has 3 rings (SSSR count). The van der Waals surface area contributed by atoms with E-state index in [1.165, 1.54) is 28.7 Å². The topological polar surface area (TPSA) is 100 Å². The molecule has 0 aliphatic rings. The predicted octanol–water partition coefficient (Wildman–Crippen LogP) is 7.00. The third-order valence-electron chi connectivity index (χ3n) is 4.42. The van der Waals surface area contributed by atoms with Crippen molar-refractivity contribution in [3.8, 4) is 5.69 Å². The summed E-state index contributed by atoms with van der Waals surface area (Å²) in [4.78, 5) is 27.5. The number of hydrogen-bond acceptors (Lipinski definition) is 4. The average Bonchev–Trinajstić information content (AvgIpc) is 3.20. The fraction of sp³-hybridized carbons (Fsp3) is 0.273. The quantitative estimate of drug-likeness (QED) is 0.323. The van der Waals surface area contributed by atoms with Gasteiger partial charge < -0.3 is 15.3 Å². The highest BCUT2D eigenvalue weighted by molar-refractivity contribution is 6.66. The smallest absolute Gasteiger partial charge is 0.375 e. The third kappa shape index (κ3) is 8.15. The third-order valence-corrected chi connectivity index (χ3v) is 5.47. The number of nitrogens with zero attached hydrogens (tertiary/aromatic N) is 4. The SMILES string of the molecule is CC(C)c1ccc(NC(=O)N(C)C)cc1.O=C(O)c1nc(C(Cl)(Cl)Cl)n(-c2ccc(Cl)cc2Cl)n1. The molecule has 0 saturated heterocycles. The number of alkyl halides is 3. The van der Waals surface area contributed by atoms with Crippen molar-refractivity contribution in [1.82, 2.24) is 19.7 Å². The molecule has 35 heavy (non-hydrogen) atoms. The molecule has 2 aromatic carbocycles. The Hall–Kier alpha value is -2.23. The van der Waals surface area contributed by atoms with Crippen LogP contribution in [-0.4, -0.2) is 50.9 Å². The minimum absolute atomic E-state index is 0.104. The van der Waals surface area contributed by atoms with E-state index in [0.717, 1.165) is 10.4 Å². The molecule has 0 atom stereocenters. The molecule has 2 amide bonds. The largest absolute Gasteiger partial charge is 0.475 e. The highest BCUT2D eigenvalue weighted by Crippen LogP contribution is 2.39. The molecule has 0 aliphatic carbocycles. The van der Waals surface area contributed by atoms with Crippen molar-refractivity contribution in [3.05, 3.63) is 69.7 Å². The van der Waals surface area contributed by atoms with E-state index in [1.54, 1.807) is 14.1 Å². The summed E-state index contributed by atoms with van der Waals surface area (Å²) in [7, 11) is 3.44. The lowest BCUT2D eigenvalue weighted by Crippen LogP contribution is -2.27. The summed E-state index contributed by atoms with van der Waals surface area (Å²) in [6.45, 7) is 4.29. The lowest BCUT2D eigenvalue weighted by molar-refractivity contribution is 0.0683. The minimum atomic E-state index is -1.97. The Bertz CT molecular complexity index is 1190. The first-order chi connectivity index (χ1) is 16.2. The summed E-state index contributed by atoms with van der Waals surface area (Å²) >= 11 is 29.1. The molecular formula is C22H22Cl5N5O3. The molecule has 8 nitrogen and oxygen atoms in total. The van der Waals surface area contributed by atoms with Crippen LogP contribution in [0.4, 0.5) is 10.5 Å². The second-order valence-corrected chi connectivity index (χ2v) is 10.8. The number of carbonyl (C=O) groups excluding carboxylic acids is 1. The van der Waals surface area contributed by atoms with Gasteiger partial charge in [-0.15, -0.1) is 5.10 Å². The van der Waals surface area contributed by atoms with Crippen molar-refractivity contribution in [3.63, 3.8) is 0 Å². The molecule has 2 N–H and O–H groups in total. The molecule has 0 bridgehead atoms. The summed E-state index contributed by atoms with van der Waals surface area (Å²) in [5.41, 5.74) is 2.40. The van der Waals surface area contributed by atoms with Crippen LogP contribution in [0.1, 0.15) is 41.8 Å². The molecule has 188 valence electrons. The Kier molecular flexibility index (Phi) is 10.1. The molecule has 0 unspecified atom stereocenters. The number of anilines is 1. The summed E-state index contributed by atoms with van der Waals surface area (Å²) in [6, 6.07) is 12.3. The van der Waals surface area contributed by atoms with Crippen molar-refractivity contribution in [2.24, 2.45) is 0 Å². The van der Waals surface area contributed by atoms with Crippen LogP contribution in [0, 0.1) is 0 Å². The molecule has 0 aliphatic heterocycles. The van der Waals surface area contributed by atoms with Gasteiger partial charge in [0.1, 0.15) is 0 Å². The van der Waals surface area contributed by atoms with Crippen LogP contribution < -0.4 is 5.32 Å². The van der Waals surface area contributed by atoms with Crippen molar-refractivity contribution in [1.29, 1.82) is 0 Å². The van der Waals surface area contributed by atoms with Crippen LogP contribution in [-0.2, 0) is 3.79 Å². The van der Waals surface area contributed by atoms with Gasteiger partial charge in [0.2, 0.25) is 3.79 Å². The van der Waals surface area contributed by atoms with E-state index in [1.807, 2.05) is 24.3 Å². The van der Waals surface area contributed by atoms with Gasteiger partial charge in [-0.2, -0.15) is 0 Å².